The molecule has 0 spiro atoms. The van der Waals surface area contributed by atoms with Crippen LogP contribution >= 0.6 is 0 Å². The van der Waals surface area contributed by atoms with Crippen molar-refractivity contribution in [1.29, 1.82) is 0 Å². The fraction of sp³-hybridized carbons (Fsp3) is 0.450. The summed E-state index contributed by atoms with van der Waals surface area (Å²) in [5.41, 5.74) is 0. The zero-order valence-corrected chi connectivity index (χ0v) is 29.6. The Morgan fingerprint density at radius 3 is 0.911 bits per heavy atom. The van der Waals surface area contributed by atoms with Crippen molar-refractivity contribution >= 4 is 35.0 Å². The summed E-state index contributed by atoms with van der Waals surface area (Å²) in [4.78, 5) is 20.2. The number of carbonyl (C=O) groups excluding carboxylic acids is 2. The van der Waals surface area contributed by atoms with Crippen molar-refractivity contribution in [2.24, 2.45) is 0 Å². The normalized spacial score (nSPS) is 12.5. The minimum Gasteiger partial charge on any atom is -0.545 e. The van der Waals surface area contributed by atoms with Crippen LogP contribution in [0.3, 0.4) is 0 Å². The Morgan fingerprint density at radius 2 is 0.622 bits per heavy atom. The van der Waals surface area contributed by atoms with Gasteiger partial charge in [0.2, 0.25) is 0 Å². The number of aliphatic carboxylic acids is 2. The Hall–Kier alpha value is -2.89. The fourth-order valence-electron chi connectivity index (χ4n) is 3.83. The van der Waals surface area contributed by atoms with E-state index in [1.807, 2.05) is 48.6 Å². The standard InChI is InChI=1S/2C20H30O2.Mg/c2*1-2-3-4-5-6-7-8-9-10-11-12-13-14-15-16-17-18-19-20(21)22;/h2*10-19H,2-9H2,1H3,(H,21,22);/q;;+2/p-2. The van der Waals surface area contributed by atoms with Crippen molar-refractivity contribution in [1.82, 2.24) is 0 Å². The summed E-state index contributed by atoms with van der Waals surface area (Å²) in [6.07, 6.45) is 56.8. The van der Waals surface area contributed by atoms with Crippen LogP contribution in [0.5, 0.6) is 0 Å². The average molecular weight is 627 g/mol. The van der Waals surface area contributed by atoms with Crippen molar-refractivity contribution in [3.8, 4) is 0 Å². The molecule has 0 amide bonds. The van der Waals surface area contributed by atoms with Crippen molar-refractivity contribution in [3.63, 3.8) is 0 Å². The summed E-state index contributed by atoms with van der Waals surface area (Å²) in [7, 11) is 0. The SMILES string of the molecule is CCCCCCCCCC=CC=CC=CC=CC=CC(=O)[O-].CCCCCCCCCC=CC=CC=CC=CC=CC(=O)[O-].[Mg+2]. The molecule has 0 aromatic heterocycles. The third kappa shape index (κ3) is 51.0. The summed E-state index contributed by atoms with van der Waals surface area (Å²) in [5.74, 6) is -2.36. The van der Waals surface area contributed by atoms with Gasteiger partial charge in [0.1, 0.15) is 0 Å². The second kappa shape index (κ2) is 43.2. The molecule has 5 heteroatoms. The molecule has 0 aliphatic heterocycles. The maximum Gasteiger partial charge on any atom is 2.00 e. The van der Waals surface area contributed by atoms with Gasteiger partial charge >= 0.3 is 23.1 Å². The molecular weight excluding hydrogens is 569 g/mol. The largest absolute Gasteiger partial charge is 2.00 e. The first kappa shape index (κ1) is 46.5. The maximum absolute atomic E-state index is 10.1. The number of rotatable bonds is 26. The summed E-state index contributed by atoms with van der Waals surface area (Å²) < 4.78 is 0. The topological polar surface area (TPSA) is 80.3 Å². The van der Waals surface area contributed by atoms with Crippen LogP contribution < -0.4 is 10.2 Å². The monoisotopic (exact) mass is 626 g/mol. The van der Waals surface area contributed by atoms with Crippen molar-refractivity contribution in [3.05, 3.63) is 122 Å². The molecule has 0 aromatic carbocycles. The second-order valence-corrected chi connectivity index (χ2v) is 10.3. The third-order valence-electron chi connectivity index (χ3n) is 6.24. The van der Waals surface area contributed by atoms with E-state index in [2.05, 4.69) is 38.2 Å². The van der Waals surface area contributed by atoms with Gasteiger partial charge in [-0.25, -0.2) is 0 Å². The van der Waals surface area contributed by atoms with E-state index in [1.165, 1.54) is 102 Å². The second-order valence-electron chi connectivity index (χ2n) is 10.3. The molecule has 0 atom stereocenters. The first-order valence-corrected chi connectivity index (χ1v) is 16.6. The van der Waals surface area contributed by atoms with E-state index >= 15 is 0 Å². The van der Waals surface area contributed by atoms with Gasteiger partial charge in [-0.1, -0.05) is 200 Å². The molecule has 0 aromatic rings. The third-order valence-corrected chi connectivity index (χ3v) is 6.24. The van der Waals surface area contributed by atoms with Gasteiger partial charge in [0.15, 0.2) is 0 Å². The van der Waals surface area contributed by atoms with Crippen molar-refractivity contribution < 1.29 is 19.8 Å². The van der Waals surface area contributed by atoms with Crippen molar-refractivity contribution in [2.45, 2.75) is 117 Å². The first-order valence-electron chi connectivity index (χ1n) is 16.6. The van der Waals surface area contributed by atoms with Crippen LogP contribution in [0.1, 0.15) is 117 Å². The predicted molar refractivity (Wildman–Crippen MR) is 192 cm³/mol. The summed E-state index contributed by atoms with van der Waals surface area (Å²) in [6, 6.07) is 0. The minimum atomic E-state index is -1.18. The zero-order valence-electron chi connectivity index (χ0n) is 28.2. The Labute approximate surface area is 291 Å². The Bertz CT molecular complexity index is 881. The molecule has 0 bridgehead atoms. The van der Waals surface area contributed by atoms with Gasteiger partial charge in [-0.05, 0) is 37.8 Å². The molecule has 0 heterocycles. The van der Waals surface area contributed by atoms with Gasteiger partial charge in [0, 0.05) is 0 Å². The van der Waals surface area contributed by atoms with Gasteiger partial charge < -0.3 is 19.8 Å². The molecule has 45 heavy (non-hydrogen) atoms. The van der Waals surface area contributed by atoms with Crippen LogP contribution in [-0.2, 0) is 9.59 Å². The van der Waals surface area contributed by atoms with Crippen molar-refractivity contribution in [2.75, 3.05) is 0 Å². The summed E-state index contributed by atoms with van der Waals surface area (Å²) >= 11 is 0. The number of allylic oxidation sites excluding steroid dienone is 18. The van der Waals surface area contributed by atoms with E-state index in [4.69, 9.17) is 0 Å². The predicted octanol–water partition coefficient (Wildman–Crippen LogP) is 8.94. The van der Waals surface area contributed by atoms with E-state index in [-0.39, 0.29) is 23.1 Å². The average Bonchev–Trinajstić information content (AvgIpc) is 3.00. The van der Waals surface area contributed by atoms with Gasteiger partial charge in [0.25, 0.3) is 0 Å². The minimum absolute atomic E-state index is 0. The molecule has 0 fully saturated rings. The molecule has 244 valence electrons. The number of carboxylic acid groups (broad SMARTS) is 2. The van der Waals surface area contributed by atoms with Crippen LogP contribution in [-0.4, -0.2) is 35.0 Å². The molecule has 0 aliphatic rings. The molecule has 4 nitrogen and oxygen atoms in total. The van der Waals surface area contributed by atoms with Crippen LogP contribution in [0.4, 0.5) is 0 Å². The van der Waals surface area contributed by atoms with Crippen LogP contribution in [0.25, 0.3) is 0 Å². The van der Waals surface area contributed by atoms with Gasteiger partial charge in [0.05, 0.1) is 11.9 Å². The number of unbranched alkanes of at least 4 members (excludes halogenated alkanes) is 14. The Kier molecular flexibility index (Phi) is 44.7. The number of hydrogen-bond donors (Lipinski definition) is 0. The number of carbonyl (C=O) groups is 2. The van der Waals surface area contributed by atoms with E-state index < -0.39 is 11.9 Å². The van der Waals surface area contributed by atoms with Crippen LogP contribution in [0, 0.1) is 0 Å². The zero-order chi connectivity index (χ0) is 32.6. The van der Waals surface area contributed by atoms with Crippen LogP contribution in [0.2, 0.25) is 0 Å². The molecule has 0 aliphatic carbocycles. The fourth-order valence-corrected chi connectivity index (χ4v) is 3.83. The molecular formula is C40H58MgO4. The molecule has 0 N–H and O–H groups in total. The number of hydrogen-bond acceptors (Lipinski definition) is 4. The number of carboxylic acids is 2. The van der Waals surface area contributed by atoms with E-state index in [0.29, 0.717) is 0 Å². The smallest absolute Gasteiger partial charge is 0.545 e. The Morgan fingerprint density at radius 1 is 0.378 bits per heavy atom. The quantitative estimate of drug-likeness (QED) is 0.0415. The van der Waals surface area contributed by atoms with Gasteiger partial charge in [-0.15, -0.1) is 0 Å². The first-order chi connectivity index (χ1) is 21.5. The molecule has 0 saturated heterocycles. The maximum atomic E-state index is 10.1. The van der Waals surface area contributed by atoms with E-state index in [9.17, 15) is 19.8 Å². The van der Waals surface area contributed by atoms with Crippen LogP contribution in [0.15, 0.2) is 122 Å². The van der Waals surface area contributed by atoms with Gasteiger partial charge in [-0.3, -0.25) is 0 Å². The summed E-state index contributed by atoms with van der Waals surface area (Å²) in [6.45, 7) is 4.50. The Balaban J connectivity index is -0.000000767. The molecule has 0 rings (SSSR count). The molecule has 0 unspecified atom stereocenters. The van der Waals surface area contributed by atoms with E-state index in [1.54, 1.807) is 24.3 Å². The van der Waals surface area contributed by atoms with E-state index in [0.717, 1.165) is 25.0 Å². The summed E-state index contributed by atoms with van der Waals surface area (Å²) in [5, 5.41) is 20.2. The molecule has 0 radical (unpaired) electrons. The van der Waals surface area contributed by atoms with Gasteiger partial charge in [-0.2, -0.15) is 0 Å². The molecule has 0 saturated carbocycles.